The van der Waals surface area contributed by atoms with Gasteiger partial charge in [0.2, 0.25) is 0 Å². The van der Waals surface area contributed by atoms with Gasteiger partial charge in [-0.3, -0.25) is 0 Å². The van der Waals surface area contributed by atoms with Crippen LogP contribution in [0.15, 0.2) is 30.3 Å². The maximum absolute atomic E-state index is 8.91. The van der Waals surface area contributed by atoms with Crippen molar-refractivity contribution in [2.75, 3.05) is 6.61 Å². The zero-order valence-corrected chi connectivity index (χ0v) is 8.16. The molecule has 0 heterocycles. The molecular weight excluding hydrogens is 168 g/mol. The second-order valence-corrected chi connectivity index (χ2v) is 3.93. The molecule has 0 fully saturated rings. The third-order valence-corrected chi connectivity index (χ3v) is 2.17. The monoisotopic (exact) mass is 181 g/mol. The minimum absolute atomic E-state index is 0.616. The largest absolute Gasteiger partial charge is 0.410 e. The first kappa shape index (κ1) is 9.44. The molecule has 0 unspecified atom stereocenters. The molecule has 0 aromatic heterocycles. The van der Waals surface area contributed by atoms with Crippen molar-refractivity contribution in [1.29, 1.82) is 0 Å². The molecule has 0 aliphatic carbocycles. The van der Waals surface area contributed by atoms with Crippen LogP contribution < -0.4 is 0 Å². The van der Waals surface area contributed by atoms with Crippen molar-refractivity contribution in [3.63, 3.8) is 0 Å². The summed E-state index contributed by atoms with van der Waals surface area (Å²) in [6.45, 7) is 2.33. The fraction of sp³-hybridized carbons (Fsp3) is 0.333. The van der Waals surface area contributed by atoms with Crippen molar-refractivity contribution in [3.05, 3.63) is 35.9 Å². The second-order valence-electron chi connectivity index (χ2n) is 2.60. The summed E-state index contributed by atoms with van der Waals surface area (Å²) >= 11 is 0. The molecular formula is C9H13O2Si. The smallest absolute Gasteiger partial charge is 0.378 e. The van der Waals surface area contributed by atoms with Gasteiger partial charge in [-0.05, 0) is 18.5 Å². The van der Waals surface area contributed by atoms with Gasteiger partial charge in [0.1, 0.15) is 0 Å². The highest BCUT2D eigenvalue weighted by Crippen LogP contribution is 1.99. The van der Waals surface area contributed by atoms with Gasteiger partial charge in [0.25, 0.3) is 0 Å². The van der Waals surface area contributed by atoms with Crippen LogP contribution in [0.1, 0.15) is 5.56 Å². The average Bonchev–Trinajstić information content (AvgIpc) is 2.05. The lowest BCUT2D eigenvalue weighted by Gasteiger charge is -2.03. The second kappa shape index (κ2) is 5.08. The molecule has 0 aliphatic heterocycles. The maximum atomic E-state index is 8.91. The standard InChI is InChI=1S/C9H13O2Si/c1-12(10)11-8-7-9-5-3-2-4-6-9/h2-6,10H,7-8H2,1H3. The van der Waals surface area contributed by atoms with Gasteiger partial charge < -0.3 is 9.22 Å². The minimum atomic E-state index is -1.50. The predicted octanol–water partition coefficient (Wildman–Crippen LogP) is 1.36. The lowest BCUT2D eigenvalue weighted by atomic mass is 10.2. The fourth-order valence-corrected chi connectivity index (χ4v) is 1.36. The highest BCUT2D eigenvalue weighted by Gasteiger charge is 1.99. The van der Waals surface area contributed by atoms with E-state index >= 15 is 0 Å². The molecule has 12 heavy (non-hydrogen) atoms. The van der Waals surface area contributed by atoms with E-state index in [1.165, 1.54) is 5.56 Å². The Hall–Kier alpha value is -0.643. The molecule has 1 aromatic rings. The summed E-state index contributed by atoms with van der Waals surface area (Å²) < 4.78 is 5.10. The first-order chi connectivity index (χ1) is 5.79. The number of rotatable bonds is 4. The van der Waals surface area contributed by atoms with Crippen LogP contribution in [0.25, 0.3) is 0 Å². The van der Waals surface area contributed by atoms with Gasteiger partial charge in [0, 0.05) is 6.61 Å². The zero-order chi connectivity index (χ0) is 8.81. The Bertz CT molecular complexity index is 211. The van der Waals surface area contributed by atoms with E-state index in [2.05, 4.69) is 12.1 Å². The van der Waals surface area contributed by atoms with Crippen LogP contribution >= 0.6 is 0 Å². The van der Waals surface area contributed by atoms with Crippen molar-refractivity contribution in [2.45, 2.75) is 13.0 Å². The number of hydrogen-bond donors (Lipinski definition) is 1. The summed E-state index contributed by atoms with van der Waals surface area (Å²) in [7, 11) is -1.50. The Balaban J connectivity index is 2.25. The van der Waals surface area contributed by atoms with E-state index in [-0.39, 0.29) is 0 Å². The van der Waals surface area contributed by atoms with Crippen LogP contribution in [0, 0.1) is 0 Å². The van der Waals surface area contributed by atoms with E-state index in [1.54, 1.807) is 6.55 Å². The van der Waals surface area contributed by atoms with Gasteiger partial charge in [0.15, 0.2) is 0 Å². The van der Waals surface area contributed by atoms with Crippen LogP contribution in [-0.4, -0.2) is 20.7 Å². The summed E-state index contributed by atoms with van der Waals surface area (Å²) in [6, 6.07) is 10.1. The molecule has 1 aromatic carbocycles. The lowest BCUT2D eigenvalue weighted by Crippen LogP contribution is -2.14. The first-order valence-corrected chi connectivity index (χ1v) is 5.84. The van der Waals surface area contributed by atoms with Crippen LogP contribution in [0.2, 0.25) is 6.55 Å². The van der Waals surface area contributed by atoms with Crippen LogP contribution in [-0.2, 0) is 10.8 Å². The van der Waals surface area contributed by atoms with Crippen molar-refractivity contribution < 1.29 is 9.22 Å². The van der Waals surface area contributed by atoms with Crippen molar-refractivity contribution in [3.8, 4) is 0 Å². The zero-order valence-electron chi connectivity index (χ0n) is 7.16. The van der Waals surface area contributed by atoms with Crippen molar-refractivity contribution >= 4 is 9.28 Å². The maximum Gasteiger partial charge on any atom is 0.378 e. The minimum Gasteiger partial charge on any atom is -0.410 e. The summed E-state index contributed by atoms with van der Waals surface area (Å²) in [6.07, 6.45) is 0.878. The average molecular weight is 181 g/mol. The van der Waals surface area contributed by atoms with Crippen molar-refractivity contribution in [2.24, 2.45) is 0 Å². The summed E-state index contributed by atoms with van der Waals surface area (Å²) in [4.78, 5) is 8.91. The Labute approximate surface area is 74.7 Å². The van der Waals surface area contributed by atoms with E-state index in [1.807, 2.05) is 18.2 Å². The normalized spacial score (nSPS) is 10.6. The molecule has 1 radical (unpaired) electrons. The van der Waals surface area contributed by atoms with Gasteiger partial charge in [-0.25, -0.2) is 0 Å². The molecule has 0 bridgehead atoms. The molecule has 1 rings (SSSR count). The number of hydrogen-bond acceptors (Lipinski definition) is 2. The van der Waals surface area contributed by atoms with Gasteiger partial charge in [-0.2, -0.15) is 0 Å². The predicted molar refractivity (Wildman–Crippen MR) is 49.9 cm³/mol. The summed E-state index contributed by atoms with van der Waals surface area (Å²) in [5.74, 6) is 0. The van der Waals surface area contributed by atoms with Gasteiger partial charge >= 0.3 is 9.28 Å². The topological polar surface area (TPSA) is 29.5 Å². The molecule has 65 valence electrons. The molecule has 0 amide bonds. The van der Waals surface area contributed by atoms with Gasteiger partial charge in [0.05, 0.1) is 0 Å². The molecule has 0 aliphatic rings. The third kappa shape index (κ3) is 3.66. The Morgan fingerprint density at radius 1 is 1.33 bits per heavy atom. The highest BCUT2D eigenvalue weighted by atomic mass is 28.3. The summed E-state index contributed by atoms with van der Waals surface area (Å²) in [5, 5.41) is 0. The van der Waals surface area contributed by atoms with E-state index < -0.39 is 9.28 Å². The first-order valence-electron chi connectivity index (χ1n) is 3.98. The Morgan fingerprint density at radius 3 is 2.58 bits per heavy atom. The quantitative estimate of drug-likeness (QED) is 0.711. The van der Waals surface area contributed by atoms with Crippen LogP contribution in [0.4, 0.5) is 0 Å². The Kier molecular flexibility index (Phi) is 4.00. The molecule has 1 N–H and O–H groups in total. The molecule has 2 nitrogen and oxygen atoms in total. The molecule has 0 spiro atoms. The van der Waals surface area contributed by atoms with E-state index in [4.69, 9.17) is 9.22 Å². The number of benzene rings is 1. The highest BCUT2D eigenvalue weighted by molar-refractivity contribution is 6.40. The molecule has 0 atom stereocenters. The van der Waals surface area contributed by atoms with Crippen LogP contribution in [0.3, 0.4) is 0 Å². The van der Waals surface area contributed by atoms with E-state index in [0.717, 1.165) is 6.42 Å². The van der Waals surface area contributed by atoms with Crippen LogP contribution in [0.5, 0.6) is 0 Å². The molecule has 0 saturated heterocycles. The SMILES string of the molecule is C[Si](O)OCCc1ccccc1. The lowest BCUT2D eigenvalue weighted by molar-refractivity contribution is 0.268. The van der Waals surface area contributed by atoms with E-state index in [0.29, 0.717) is 6.61 Å². The van der Waals surface area contributed by atoms with Gasteiger partial charge in [-0.1, -0.05) is 30.3 Å². The van der Waals surface area contributed by atoms with Gasteiger partial charge in [-0.15, -0.1) is 0 Å². The van der Waals surface area contributed by atoms with E-state index in [9.17, 15) is 0 Å². The fourth-order valence-electron chi connectivity index (χ4n) is 0.961. The van der Waals surface area contributed by atoms with Crippen molar-refractivity contribution in [1.82, 2.24) is 0 Å². The summed E-state index contributed by atoms with van der Waals surface area (Å²) in [5.41, 5.74) is 1.25. The molecule has 0 saturated carbocycles. The third-order valence-electron chi connectivity index (χ3n) is 1.54. The Morgan fingerprint density at radius 2 is 2.00 bits per heavy atom. The molecule has 3 heteroatoms.